The molecular weight excluding hydrogens is 266 g/mol. The molecule has 0 atom stereocenters. The molecule has 1 aromatic carbocycles. The highest BCUT2D eigenvalue weighted by Gasteiger charge is 2.02. The summed E-state index contributed by atoms with van der Waals surface area (Å²) in [5.74, 6) is 0.286. The van der Waals surface area contributed by atoms with Crippen LogP contribution in [0.4, 0.5) is 5.69 Å². The van der Waals surface area contributed by atoms with Crippen molar-refractivity contribution in [2.75, 3.05) is 12.4 Å². The van der Waals surface area contributed by atoms with Crippen LogP contribution in [-0.2, 0) is 9.53 Å². The van der Waals surface area contributed by atoms with Crippen LogP contribution >= 0.6 is 11.6 Å². The Morgan fingerprint density at radius 1 is 1.53 bits per heavy atom. The second kappa shape index (κ2) is 9.05. The van der Waals surface area contributed by atoms with Gasteiger partial charge in [0, 0.05) is 12.7 Å². The fraction of sp³-hybridized carbons (Fsp3) is 0.214. The molecule has 104 valence electrons. The number of phenolic OH excluding ortho intramolecular Hbond substituents is 1. The standard InChI is InChI=1S/C8H10ClNO.C6H8O2/c1-5-3-6(10-2)4-7(9)8(5)11;1-3-4-8-6(2)5-7/h3-4,10-11H,1-2H3;3-5H,2H2,1H3/b;4-3-. The van der Waals surface area contributed by atoms with Crippen LogP contribution < -0.4 is 5.32 Å². The summed E-state index contributed by atoms with van der Waals surface area (Å²) in [7, 11) is 1.81. The van der Waals surface area contributed by atoms with Gasteiger partial charge in [-0.1, -0.05) is 24.3 Å². The van der Waals surface area contributed by atoms with E-state index in [0.29, 0.717) is 11.3 Å². The summed E-state index contributed by atoms with van der Waals surface area (Å²) in [6.07, 6.45) is 3.63. The second-order valence-electron chi connectivity index (χ2n) is 3.55. The lowest BCUT2D eigenvalue weighted by atomic mass is 10.2. The Balaban J connectivity index is 0.000000362. The maximum Gasteiger partial charge on any atom is 0.184 e. The van der Waals surface area contributed by atoms with Crippen molar-refractivity contribution in [3.8, 4) is 5.75 Å². The summed E-state index contributed by atoms with van der Waals surface area (Å²) in [4.78, 5) is 9.75. The number of carbonyl (C=O) groups is 1. The lowest BCUT2D eigenvalue weighted by Crippen LogP contribution is -1.88. The Morgan fingerprint density at radius 3 is 2.58 bits per heavy atom. The summed E-state index contributed by atoms with van der Waals surface area (Å²) >= 11 is 5.71. The highest BCUT2D eigenvalue weighted by Crippen LogP contribution is 2.30. The van der Waals surface area contributed by atoms with Crippen molar-refractivity contribution >= 4 is 23.6 Å². The molecule has 5 heteroatoms. The Kier molecular flexibility index (Phi) is 8.13. The first-order valence-electron chi connectivity index (χ1n) is 5.55. The number of aldehydes is 1. The molecule has 4 nitrogen and oxygen atoms in total. The Hall–Kier alpha value is -1.94. The van der Waals surface area contributed by atoms with E-state index in [1.165, 1.54) is 6.26 Å². The third kappa shape index (κ3) is 6.52. The molecule has 0 saturated carbocycles. The van der Waals surface area contributed by atoms with Crippen LogP contribution in [0.1, 0.15) is 12.5 Å². The summed E-state index contributed by atoms with van der Waals surface area (Å²) in [6.45, 7) is 6.87. The lowest BCUT2D eigenvalue weighted by molar-refractivity contribution is -0.107. The first-order valence-corrected chi connectivity index (χ1v) is 5.92. The van der Waals surface area contributed by atoms with Gasteiger partial charge in [-0.15, -0.1) is 0 Å². The van der Waals surface area contributed by atoms with E-state index in [-0.39, 0.29) is 11.5 Å². The van der Waals surface area contributed by atoms with Crippen LogP contribution in [0, 0.1) is 6.92 Å². The zero-order valence-electron chi connectivity index (χ0n) is 11.2. The average Bonchev–Trinajstić information content (AvgIpc) is 2.42. The first kappa shape index (κ1) is 17.1. The van der Waals surface area contributed by atoms with Crippen LogP contribution in [0.25, 0.3) is 0 Å². The molecule has 1 rings (SSSR count). The Labute approximate surface area is 118 Å². The fourth-order valence-electron chi connectivity index (χ4n) is 1.06. The number of halogens is 1. The number of carbonyl (C=O) groups excluding carboxylic acids is 1. The van der Waals surface area contributed by atoms with E-state index in [9.17, 15) is 9.90 Å². The van der Waals surface area contributed by atoms with Gasteiger partial charge < -0.3 is 15.2 Å². The van der Waals surface area contributed by atoms with Gasteiger partial charge in [-0.3, -0.25) is 4.79 Å². The summed E-state index contributed by atoms with van der Waals surface area (Å²) in [5, 5.41) is 12.6. The summed E-state index contributed by atoms with van der Waals surface area (Å²) in [5.41, 5.74) is 1.69. The van der Waals surface area contributed by atoms with Gasteiger partial charge in [0.05, 0.1) is 11.3 Å². The van der Waals surface area contributed by atoms with E-state index in [4.69, 9.17) is 11.6 Å². The van der Waals surface area contributed by atoms with Crippen LogP contribution in [0.2, 0.25) is 5.02 Å². The number of aryl methyl sites for hydroxylation is 1. The molecule has 0 fully saturated rings. The maximum atomic E-state index is 9.75. The molecule has 2 N–H and O–H groups in total. The molecule has 1 aromatic rings. The Morgan fingerprint density at radius 2 is 2.16 bits per heavy atom. The molecule has 0 amide bonds. The highest BCUT2D eigenvalue weighted by molar-refractivity contribution is 6.32. The van der Waals surface area contributed by atoms with E-state index in [1.54, 1.807) is 19.1 Å². The van der Waals surface area contributed by atoms with Gasteiger partial charge in [0.1, 0.15) is 5.75 Å². The zero-order chi connectivity index (χ0) is 14.8. The smallest absolute Gasteiger partial charge is 0.184 e. The maximum absolute atomic E-state index is 9.75. The van der Waals surface area contributed by atoms with Crippen LogP contribution in [0.3, 0.4) is 0 Å². The molecular formula is C14H18ClNO3. The number of hydrogen-bond donors (Lipinski definition) is 2. The van der Waals surface area contributed by atoms with E-state index in [0.717, 1.165) is 11.3 Å². The molecule has 0 heterocycles. The van der Waals surface area contributed by atoms with Gasteiger partial charge in [0.25, 0.3) is 0 Å². The van der Waals surface area contributed by atoms with Gasteiger partial charge in [-0.05, 0) is 31.5 Å². The predicted molar refractivity (Wildman–Crippen MR) is 78.5 cm³/mol. The van der Waals surface area contributed by atoms with Crippen LogP contribution in [0.5, 0.6) is 5.75 Å². The third-order valence-corrected chi connectivity index (χ3v) is 2.32. The molecule has 0 bridgehead atoms. The Bertz CT molecular complexity index is 447. The topological polar surface area (TPSA) is 58.6 Å². The normalized spacial score (nSPS) is 9.47. The van der Waals surface area contributed by atoms with E-state index in [2.05, 4.69) is 16.6 Å². The number of nitrogens with one attached hydrogen (secondary N) is 1. The number of aromatic hydroxyl groups is 1. The monoisotopic (exact) mass is 283 g/mol. The van der Waals surface area contributed by atoms with Crippen molar-refractivity contribution in [3.05, 3.63) is 47.4 Å². The van der Waals surface area contributed by atoms with Gasteiger partial charge in [0.2, 0.25) is 0 Å². The van der Waals surface area contributed by atoms with Crippen LogP contribution in [-0.4, -0.2) is 18.4 Å². The second-order valence-corrected chi connectivity index (χ2v) is 3.95. The van der Waals surface area contributed by atoms with E-state index in [1.807, 2.05) is 20.0 Å². The number of rotatable bonds is 4. The molecule has 0 aliphatic carbocycles. The number of benzene rings is 1. The van der Waals surface area contributed by atoms with Crippen molar-refractivity contribution in [3.63, 3.8) is 0 Å². The number of ether oxygens (including phenoxy) is 1. The minimum absolute atomic E-state index is 0.128. The number of hydrogen-bond acceptors (Lipinski definition) is 4. The molecule has 0 unspecified atom stereocenters. The quantitative estimate of drug-likeness (QED) is 0.383. The molecule has 0 aliphatic rings. The van der Waals surface area contributed by atoms with Gasteiger partial charge in [-0.25, -0.2) is 0 Å². The van der Waals surface area contributed by atoms with Gasteiger partial charge >= 0.3 is 0 Å². The van der Waals surface area contributed by atoms with Crippen molar-refractivity contribution in [2.45, 2.75) is 13.8 Å². The molecule has 0 saturated heterocycles. The van der Waals surface area contributed by atoms with Crippen molar-refractivity contribution in [2.24, 2.45) is 0 Å². The molecule has 19 heavy (non-hydrogen) atoms. The molecule has 0 spiro atoms. The number of anilines is 1. The van der Waals surface area contributed by atoms with Crippen molar-refractivity contribution in [1.82, 2.24) is 0 Å². The minimum atomic E-state index is 0.128. The fourth-order valence-corrected chi connectivity index (χ4v) is 1.33. The zero-order valence-corrected chi connectivity index (χ0v) is 12.0. The average molecular weight is 284 g/mol. The summed E-state index contributed by atoms with van der Waals surface area (Å²) < 4.78 is 4.60. The molecule has 0 aliphatic heterocycles. The number of phenols is 1. The molecule has 0 aromatic heterocycles. The van der Waals surface area contributed by atoms with E-state index >= 15 is 0 Å². The largest absolute Gasteiger partial charge is 0.506 e. The highest BCUT2D eigenvalue weighted by atomic mass is 35.5. The number of allylic oxidation sites excluding steroid dienone is 2. The minimum Gasteiger partial charge on any atom is -0.506 e. The lowest BCUT2D eigenvalue weighted by Gasteiger charge is -2.05. The van der Waals surface area contributed by atoms with Gasteiger partial charge in [-0.2, -0.15) is 0 Å². The van der Waals surface area contributed by atoms with Gasteiger partial charge in [0.15, 0.2) is 12.0 Å². The van der Waals surface area contributed by atoms with E-state index < -0.39 is 0 Å². The third-order valence-electron chi connectivity index (χ3n) is 2.03. The first-order chi connectivity index (χ1) is 8.96. The summed E-state index contributed by atoms with van der Waals surface area (Å²) in [6, 6.07) is 3.52. The van der Waals surface area contributed by atoms with Crippen molar-refractivity contribution < 1.29 is 14.6 Å². The predicted octanol–water partition coefficient (Wildman–Crippen LogP) is 3.64. The molecule has 0 radical (unpaired) electrons. The SMILES string of the molecule is C=C(C=O)O/C=C\C.CNc1cc(C)c(O)c(Cl)c1. The van der Waals surface area contributed by atoms with Crippen molar-refractivity contribution in [1.29, 1.82) is 0 Å². The van der Waals surface area contributed by atoms with Crippen LogP contribution in [0.15, 0.2) is 36.8 Å².